The zero-order valence-electron chi connectivity index (χ0n) is 7.78. The summed E-state index contributed by atoms with van der Waals surface area (Å²) in [6.45, 7) is 2.02. The van der Waals surface area contributed by atoms with Crippen LogP contribution in [0.3, 0.4) is 0 Å². The minimum atomic E-state index is -0.00969. The average molecular weight is 176 g/mol. The van der Waals surface area contributed by atoms with E-state index in [0.717, 1.165) is 11.0 Å². The van der Waals surface area contributed by atoms with E-state index >= 15 is 0 Å². The van der Waals surface area contributed by atoms with Crippen LogP contribution in [0.2, 0.25) is 0 Å². The molecule has 2 rings (SSSR count). The summed E-state index contributed by atoms with van der Waals surface area (Å²) < 4.78 is 1.91. The Labute approximate surface area is 76.6 Å². The van der Waals surface area contributed by atoms with Crippen molar-refractivity contribution in [3.05, 3.63) is 29.6 Å². The van der Waals surface area contributed by atoms with E-state index in [2.05, 4.69) is 4.98 Å². The van der Waals surface area contributed by atoms with Crippen molar-refractivity contribution in [2.24, 2.45) is 7.05 Å². The van der Waals surface area contributed by atoms with Gasteiger partial charge < -0.3 is 9.67 Å². The molecule has 0 radical (unpaired) electrons. The van der Waals surface area contributed by atoms with Crippen LogP contribution in [0.1, 0.15) is 11.4 Å². The van der Waals surface area contributed by atoms with Crippen molar-refractivity contribution in [2.45, 2.75) is 13.5 Å². The normalized spacial score (nSPS) is 11.0. The van der Waals surface area contributed by atoms with Crippen molar-refractivity contribution in [1.29, 1.82) is 0 Å². The molecule has 0 aliphatic heterocycles. The fourth-order valence-electron chi connectivity index (χ4n) is 1.50. The number of aromatic nitrogens is 2. The van der Waals surface area contributed by atoms with Crippen molar-refractivity contribution in [1.82, 2.24) is 9.55 Å². The van der Waals surface area contributed by atoms with Crippen LogP contribution in [-0.2, 0) is 13.7 Å². The van der Waals surface area contributed by atoms with Crippen LogP contribution in [0.5, 0.6) is 0 Å². The Balaban J connectivity index is 2.76. The third-order valence-electron chi connectivity index (χ3n) is 2.27. The average Bonchev–Trinajstić information content (AvgIpc) is 2.42. The monoisotopic (exact) mass is 176 g/mol. The Kier molecular flexibility index (Phi) is 1.81. The molecule has 3 nitrogen and oxygen atoms in total. The van der Waals surface area contributed by atoms with Crippen molar-refractivity contribution in [2.75, 3.05) is 0 Å². The first-order valence-corrected chi connectivity index (χ1v) is 4.25. The topological polar surface area (TPSA) is 38.1 Å². The van der Waals surface area contributed by atoms with Crippen LogP contribution in [0.25, 0.3) is 11.0 Å². The van der Waals surface area contributed by atoms with E-state index in [-0.39, 0.29) is 6.61 Å². The number of hydrogen-bond donors (Lipinski definition) is 1. The number of rotatable bonds is 1. The van der Waals surface area contributed by atoms with Crippen molar-refractivity contribution >= 4 is 11.0 Å². The maximum atomic E-state index is 9.01. The highest BCUT2D eigenvalue weighted by Crippen LogP contribution is 2.16. The molecule has 0 fully saturated rings. The first-order chi connectivity index (χ1) is 6.22. The molecule has 0 saturated carbocycles. The highest BCUT2D eigenvalue weighted by molar-refractivity contribution is 5.76. The molecule has 68 valence electrons. The molecule has 1 heterocycles. The minimum absolute atomic E-state index is 0.00969. The van der Waals surface area contributed by atoms with Gasteiger partial charge in [-0.15, -0.1) is 0 Å². The van der Waals surface area contributed by atoms with E-state index in [1.54, 1.807) is 0 Å². The lowest BCUT2D eigenvalue weighted by atomic mass is 10.2. The molecule has 1 aromatic carbocycles. The summed E-state index contributed by atoms with van der Waals surface area (Å²) in [5, 5.41) is 9.01. The first kappa shape index (κ1) is 8.26. The van der Waals surface area contributed by atoms with Crippen LogP contribution in [-0.4, -0.2) is 14.7 Å². The Morgan fingerprint density at radius 2 is 2.23 bits per heavy atom. The molecule has 0 aliphatic carbocycles. The second-order valence-corrected chi connectivity index (χ2v) is 3.24. The minimum Gasteiger partial charge on any atom is -0.388 e. The van der Waals surface area contributed by atoms with Crippen molar-refractivity contribution in [3.8, 4) is 0 Å². The standard InChI is InChI=1S/C10H12N2O/c1-7-3-4-9-8(5-7)11-10(6-13)12(9)2/h3-5,13H,6H2,1-2H3. The van der Waals surface area contributed by atoms with Gasteiger partial charge in [0.2, 0.25) is 0 Å². The molecule has 0 saturated heterocycles. The smallest absolute Gasteiger partial charge is 0.135 e. The van der Waals surface area contributed by atoms with Crippen molar-refractivity contribution in [3.63, 3.8) is 0 Å². The number of hydrogen-bond acceptors (Lipinski definition) is 2. The molecule has 1 N–H and O–H groups in total. The van der Waals surface area contributed by atoms with E-state index in [1.165, 1.54) is 5.56 Å². The predicted molar refractivity (Wildman–Crippen MR) is 51.4 cm³/mol. The van der Waals surface area contributed by atoms with Gasteiger partial charge in [0.15, 0.2) is 0 Å². The molecule has 13 heavy (non-hydrogen) atoms. The summed E-state index contributed by atoms with van der Waals surface area (Å²) in [5.74, 6) is 0.709. The molecular weight excluding hydrogens is 164 g/mol. The number of aliphatic hydroxyl groups is 1. The molecule has 0 spiro atoms. The summed E-state index contributed by atoms with van der Waals surface area (Å²) >= 11 is 0. The maximum absolute atomic E-state index is 9.01. The molecular formula is C10H12N2O. The van der Waals surface area contributed by atoms with Crippen LogP contribution < -0.4 is 0 Å². The highest BCUT2D eigenvalue weighted by Gasteiger charge is 2.05. The van der Waals surface area contributed by atoms with Gasteiger partial charge in [0.25, 0.3) is 0 Å². The van der Waals surface area contributed by atoms with Gasteiger partial charge in [-0.2, -0.15) is 0 Å². The fourth-order valence-corrected chi connectivity index (χ4v) is 1.50. The van der Waals surface area contributed by atoms with Gasteiger partial charge in [0.1, 0.15) is 12.4 Å². The lowest BCUT2D eigenvalue weighted by molar-refractivity contribution is 0.268. The Hall–Kier alpha value is -1.35. The highest BCUT2D eigenvalue weighted by atomic mass is 16.3. The lowest BCUT2D eigenvalue weighted by Gasteiger charge is -1.97. The molecule has 0 amide bonds. The predicted octanol–water partition coefficient (Wildman–Crippen LogP) is 1.37. The second kappa shape index (κ2) is 2.85. The Bertz CT molecular complexity index is 445. The largest absolute Gasteiger partial charge is 0.388 e. The molecule has 2 aromatic rings. The number of aryl methyl sites for hydroxylation is 2. The number of imidazole rings is 1. The van der Waals surface area contributed by atoms with Crippen molar-refractivity contribution < 1.29 is 5.11 Å². The number of nitrogens with zero attached hydrogens (tertiary/aromatic N) is 2. The van der Waals surface area contributed by atoms with Crippen LogP contribution in [0.4, 0.5) is 0 Å². The molecule has 0 aliphatic rings. The van der Waals surface area contributed by atoms with Gasteiger partial charge in [-0.05, 0) is 24.6 Å². The molecule has 3 heteroatoms. The van der Waals surface area contributed by atoms with Gasteiger partial charge >= 0.3 is 0 Å². The van der Waals surface area contributed by atoms with Crippen LogP contribution in [0.15, 0.2) is 18.2 Å². The molecule has 0 atom stereocenters. The lowest BCUT2D eigenvalue weighted by Crippen LogP contribution is -1.96. The van der Waals surface area contributed by atoms with Gasteiger partial charge in [0, 0.05) is 7.05 Å². The van der Waals surface area contributed by atoms with Crippen LogP contribution in [0, 0.1) is 6.92 Å². The summed E-state index contributed by atoms with van der Waals surface area (Å²) in [4.78, 5) is 4.30. The summed E-state index contributed by atoms with van der Waals surface area (Å²) in [5.41, 5.74) is 3.20. The van der Waals surface area contributed by atoms with Crippen LogP contribution >= 0.6 is 0 Å². The SMILES string of the molecule is Cc1ccc2c(c1)nc(CO)n2C. The summed E-state index contributed by atoms with van der Waals surface area (Å²) in [7, 11) is 1.91. The van der Waals surface area contributed by atoms with Gasteiger partial charge in [-0.1, -0.05) is 6.07 Å². The Morgan fingerprint density at radius 3 is 2.92 bits per heavy atom. The molecule has 1 aromatic heterocycles. The summed E-state index contributed by atoms with van der Waals surface area (Å²) in [6, 6.07) is 6.09. The summed E-state index contributed by atoms with van der Waals surface area (Å²) in [6.07, 6.45) is 0. The number of benzene rings is 1. The fraction of sp³-hybridized carbons (Fsp3) is 0.300. The second-order valence-electron chi connectivity index (χ2n) is 3.24. The third kappa shape index (κ3) is 1.21. The maximum Gasteiger partial charge on any atom is 0.135 e. The quantitative estimate of drug-likeness (QED) is 0.712. The first-order valence-electron chi connectivity index (χ1n) is 4.25. The van der Waals surface area contributed by atoms with E-state index in [1.807, 2.05) is 36.7 Å². The number of aliphatic hydroxyl groups excluding tert-OH is 1. The van der Waals surface area contributed by atoms with Gasteiger partial charge in [-0.3, -0.25) is 0 Å². The van der Waals surface area contributed by atoms with E-state index < -0.39 is 0 Å². The van der Waals surface area contributed by atoms with Gasteiger partial charge in [-0.25, -0.2) is 4.98 Å². The van der Waals surface area contributed by atoms with E-state index in [4.69, 9.17) is 5.11 Å². The zero-order valence-corrected chi connectivity index (χ0v) is 7.78. The van der Waals surface area contributed by atoms with E-state index in [0.29, 0.717) is 5.82 Å². The molecule has 0 bridgehead atoms. The number of fused-ring (bicyclic) bond motifs is 1. The van der Waals surface area contributed by atoms with E-state index in [9.17, 15) is 0 Å². The molecule has 0 unspecified atom stereocenters. The zero-order chi connectivity index (χ0) is 9.42. The van der Waals surface area contributed by atoms with Gasteiger partial charge in [0.05, 0.1) is 11.0 Å². The third-order valence-corrected chi connectivity index (χ3v) is 2.27. The Morgan fingerprint density at radius 1 is 1.46 bits per heavy atom.